The normalized spacial score (nSPS) is 10.2. The fraction of sp³-hybridized carbons (Fsp3) is 0.100. The second kappa shape index (κ2) is 4.68. The topological polar surface area (TPSA) is 44.0 Å². The minimum absolute atomic E-state index is 0.0264. The summed E-state index contributed by atoms with van der Waals surface area (Å²) in [6.45, 7) is 0. The zero-order valence-corrected chi connectivity index (χ0v) is 8.45. The summed E-state index contributed by atoms with van der Waals surface area (Å²) in [7, 11) is 0. The van der Waals surface area contributed by atoms with Gasteiger partial charge in [0, 0.05) is 5.33 Å². The van der Waals surface area contributed by atoms with Crippen molar-refractivity contribution in [1.29, 1.82) is 5.26 Å². The predicted molar refractivity (Wildman–Crippen MR) is 55.6 cm³/mol. The van der Waals surface area contributed by atoms with E-state index in [1.54, 1.807) is 12.1 Å². The molecule has 0 heterocycles. The highest BCUT2D eigenvalue weighted by atomic mass is 79.9. The highest BCUT2D eigenvalue weighted by Crippen LogP contribution is 2.17. The second-order valence-electron chi connectivity index (χ2n) is 2.45. The monoisotopic (exact) mass is 237 g/mol. The molecular formula is C10H8BrNO. The van der Waals surface area contributed by atoms with Crippen LogP contribution in [0.3, 0.4) is 0 Å². The van der Waals surface area contributed by atoms with E-state index < -0.39 is 0 Å². The molecule has 0 radical (unpaired) electrons. The van der Waals surface area contributed by atoms with Gasteiger partial charge in [-0.1, -0.05) is 34.1 Å². The summed E-state index contributed by atoms with van der Waals surface area (Å²) >= 11 is 3.26. The van der Waals surface area contributed by atoms with Crippen molar-refractivity contribution < 1.29 is 5.11 Å². The summed E-state index contributed by atoms with van der Waals surface area (Å²) in [4.78, 5) is 0. The van der Waals surface area contributed by atoms with Crippen molar-refractivity contribution in [2.45, 2.75) is 0 Å². The summed E-state index contributed by atoms with van der Waals surface area (Å²) in [6.07, 6.45) is 3.81. The number of aromatic hydroxyl groups is 1. The number of nitrogens with zero attached hydrogens (tertiary/aromatic N) is 1. The first-order valence-corrected chi connectivity index (χ1v) is 4.85. The van der Waals surface area contributed by atoms with E-state index in [1.165, 1.54) is 6.07 Å². The Morgan fingerprint density at radius 1 is 1.54 bits per heavy atom. The largest absolute Gasteiger partial charge is 0.507 e. The summed E-state index contributed by atoms with van der Waals surface area (Å²) in [6, 6.07) is 6.84. The molecule has 3 heteroatoms. The number of halogens is 1. The third kappa shape index (κ3) is 2.60. The Kier molecular flexibility index (Phi) is 3.53. The van der Waals surface area contributed by atoms with Crippen molar-refractivity contribution in [3.8, 4) is 11.8 Å². The van der Waals surface area contributed by atoms with Crippen LogP contribution in [-0.2, 0) is 0 Å². The molecule has 0 fully saturated rings. The van der Waals surface area contributed by atoms with Crippen LogP contribution in [0.25, 0.3) is 6.08 Å². The number of rotatable bonds is 2. The van der Waals surface area contributed by atoms with E-state index in [4.69, 9.17) is 5.26 Å². The molecule has 0 bridgehead atoms. The zero-order valence-electron chi connectivity index (χ0n) is 6.87. The first kappa shape index (κ1) is 9.82. The number of hydrogen-bond acceptors (Lipinski definition) is 2. The van der Waals surface area contributed by atoms with Crippen molar-refractivity contribution in [3.63, 3.8) is 0 Å². The Bertz CT molecular complexity index is 366. The Hall–Kier alpha value is -1.27. The lowest BCUT2D eigenvalue weighted by Crippen LogP contribution is -1.78. The van der Waals surface area contributed by atoms with E-state index in [-0.39, 0.29) is 5.75 Å². The van der Waals surface area contributed by atoms with Gasteiger partial charge in [-0.25, -0.2) is 0 Å². The molecule has 0 saturated heterocycles. The highest BCUT2D eigenvalue weighted by molar-refractivity contribution is 9.09. The minimum Gasteiger partial charge on any atom is -0.507 e. The fourth-order valence-corrected chi connectivity index (χ4v) is 1.11. The average Bonchev–Trinajstić information content (AvgIpc) is 2.16. The van der Waals surface area contributed by atoms with Gasteiger partial charge in [0.25, 0.3) is 0 Å². The molecule has 0 spiro atoms. The molecule has 2 nitrogen and oxygen atoms in total. The van der Waals surface area contributed by atoms with E-state index in [0.29, 0.717) is 5.56 Å². The van der Waals surface area contributed by atoms with Crippen LogP contribution < -0.4 is 0 Å². The lowest BCUT2D eigenvalue weighted by molar-refractivity contribution is 0.473. The molecular weight excluding hydrogens is 230 g/mol. The quantitative estimate of drug-likeness (QED) is 0.805. The number of phenols is 1. The van der Waals surface area contributed by atoms with E-state index in [0.717, 1.165) is 10.9 Å². The van der Waals surface area contributed by atoms with Crippen LogP contribution in [0.5, 0.6) is 5.75 Å². The van der Waals surface area contributed by atoms with Gasteiger partial charge in [0.05, 0.1) is 5.56 Å². The second-order valence-corrected chi connectivity index (χ2v) is 3.09. The lowest BCUT2D eigenvalue weighted by Gasteiger charge is -1.96. The van der Waals surface area contributed by atoms with Crippen LogP contribution in [0.2, 0.25) is 0 Å². The van der Waals surface area contributed by atoms with Crippen molar-refractivity contribution in [3.05, 3.63) is 35.4 Å². The number of phenolic OH excluding ortho intramolecular Hbond substituents is 1. The van der Waals surface area contributed by atoms with Crippen LogP contribution in [0.4, 0.5) is 0 Å². The third-order valence-electron chi connectivity index (χ3n) is 1.54. The fourth-order valence-electron chi connectivity index (χ4n) is 0.928. The zero-order chi connectivity index (χ0) is 9.68. The van der Waals surface area contributed by atoms with Crippen LogP contribution in [0, 0.1) is 11.3 Å². The molecule has 1 aromatic rings. The maximum absolute atomic E-state index is 9.20. The number of hydrogen-bond donors (Lipinski definition) is 1. The highest BCUT2D eigenvalue weighted by Gasteiger charge is 1.98. The SMILES string of the molecule is N#Cc1cc(C=CCBr)ccc1O. The standard InChI is InChI=1S/C10H8BrNO/c11-5-1-2-8-3-4-10(13)9(6-8)7-12/h1-4,6,13H,5H2. The van der Waals surface area contributed by atoms with E-state index in [2.05, 4.69) is 15.9 Å². The molecule has 13 heavy (non-hydrogen) atoms. The summed E-state index contributed by atoms with van der Waals surface area (Å²) < 4.78 is 0. The third-order valence-corrected chi connectivity index (χ3v) is 1.91. The summed E-state index contributed by atoms with van der Waals surface area (Å²) in [5, 5.41) is 18.6. The summed E-state index contributed by atoms with van der Waals surface area (Å²) in [5.74, 6) is 0.0264. The molecule has 0 aliphatic heterocycles. The minimum atomic E-state index is 0.0264. The number of nitriles is 1. The average molecular weight is 238 g/mol. The molecule has 0 amide bonds. The van der Waals surface area contributed by atoms with Gasteiger partial charge in [0.15, 0.2) is 0 Å². The van der Waals surface area contributed by atoms with Crippen molar-refractivity contribution >= 4 is 22.0 Å². The van der Waals surface area contributed by atoms with Gasteiger partial charge in [-0.05, 0) is 17.7 Å². The number of alkyl halides is 1. The Balaban J connectivity index is 3.01. The van der Waals surface area contributed by atoms with Crippen LogP contribution >= 0.6 is 15.9 Å². The van der Waals surface area contributed by atoms with E-state index in [9.17, 15) is 5.11 Å². The maximum Gasteiger partial charge on any atom is 0.133 e. The van der Waals surface area contributed by atoms with E-state index in [1.807, 2.05) is 18.2 Å². The van der Waals surface area contributed by atoms with Crippen molar-refractivity contribution in [2.24, 2.45) is 0 Å². The molecule has 0 aliphatic carbocycles. The molecule has 0 aromatic heterocycles. The molecule has 66 valence electrons. The molecule has 0 aliphatic rings. The molecule has 0 atom stereocenters. The van der Waals surface area contributed by atoms with Gasteiger partial charge in [-0.3, -0.25) is 0 Å². The Labute approximate surface area is 85.3 Å². The van der Waals surface area contributed by atoms with E-state index >= 15 is 0 Å². The van der Waals surface area contributed by atoms with Gasteiger partial charge in [0.1, 0.15) is 11.8 Å². The van der Waals surface area contributed by atoms with Gasteiger partial charge in [-0.2, -0.15) is 5.26 Å². The molecule has 0 saturated carbocycles. The Morgan fingerprint density at radius 2 is 2.31 bits per heavy atom. The van der Waals surface area contributed by atoms with Gasteiger partial charge < -0.3 is 5.11 Å². The first-order valence-electron chi connectivity index (χ1n) is 3.73. The maximum atomic E-state index is 9.20. The van der Waals surface area contributed by atoms with Crippen molar-refractivity contribution in [2.75, 3.05) is 5.33 Å². The lowest BCUT2D eigenvalue weighted by atomic mass is 10.1. The Morgan fingerprint density at radius 3 is 2.92 bits per heavy atom. The molecule has 1 rings (SSSR count). The number of benzene rings is 1. The smallest absolute Gasteiger partial charge is 0.133 e. The van der Waals surface area contributed by atoms with Crippen molar-refractivity contribution in [1.82, 2.24) is 0 Å². The molecule has 1 N–H and O–H groups in total. The van der Waals surface area contributed by atoms with Gasteiger partial charge in [0.2, 0.25) is 0 Å². The molecule has 1 aromatic carbocycles. The number of allylic oxidation sites excluding steroid dienone is 1. The van der Waals surface area contributed by atoms with Crippen LogP contribution in [0.1, 0.15) is 11.1 Å². The predicted octanol–water partition coefficient (Wildman–Crippen LogP) is 2.67. The molecule has 0 unspecified atom stereocenters. The first-order chi connectivity index (χ1) is 6.27. The van der Waals surface area contributed by atoms with Gasteiger partial charge >= 0.3 is 0 Å². The van der Waals surface area contributed by atoms with Crippen LogP contribution in [0.15, 0.2) is 24.3 Å². The van der Waals surface area contributed by atoms with Crippen LogP contribution in [-0.4, -0.2) is 10.4 Å². The summed E-state index contributed by atoms with van der Waals surface area (Å²) in [5.41, 5.74) is 1.21. The van der Waals surface area contributed by atoms with Gasteiger partial charge in [-0.15, -0.1) is 0 Å².